The van der Waals surface area contributed by atoms with Crippen LogP contribution in [0.5, 0.6) is 0 Å². The summed E-state index contributed by atoms with van der Waals surface area (Å²) in [7, 11) is 0. The lowest BCUT2D eigenvalue weighted by Crippen LogP contribution is -2.09. The van der Waals surface area contributed by atoms with Crippen molar-refractivity contribution in [1.29, 1.82) is 0 Å². The van der Waals surface area contributed by atoms with E-state index in [0.717, 1.165) is 16.9 Å². The maximum atomic E-state index is 12.2. The summed E-state index contributed by atoms with van der Waals surface area (Å²) in [6.07, 6.45) is -4.20. The van der Waals surface area contributed by atoms with Gasteiger partial charge in [-0.25, -0.2) is 0 Å². The molecule has 0 saturated heterocycles. The molecular formula is C9H11F3S. The average molecular weight is 208 g/mol. The van der Waals surface area contributed by atoms with Gasteiger partial charge in [0, 0.05) is 0 Å². The lowest BCUT2D eigenvalue weighted by atomic mass is 9.89. The van der Waals surface area contributed by atoms with Gasteiger partial charge in [0.2, 0.25) is 0 Å². The Bertz CT molecular complexity index is 262. The molecule has 0 radical (unpaired) electrons. The number of thiophene rings is 1. The summed E-state index contributed by atoms with van der Waals surface area (Å²) in [5.74, 6) is 0. The van der Waals surface area contributed by atoms with Crippen LogP contribution in [0.25, 0.3) is 0 Å². The van der Waals surface area contributed by atoms with Crippen molar-refractivity contribution in [2.45, 2.75) is 32.4 Å². The third-order valence-electron chi connectivity index (χ3n) is 1.74. The molecular weight excluding hydrogens is 197 g/mol. The minimum atomic E-state index is -4.20. The summed E-state index contributed by atoms with van der Waals surface area (Å²) in [5, 5.41) is 1.57. The van der Waals surface area contributed by atoms with Gasteiger partial charge in [-0.3, -0.25) is 0 Å². The van der Waals surface area contributed by atoms with Crippen LogP contribution < -0.4 is 0 Å². The van der Waals surface area contributed by atoms with Gasteiger partial charge in [0.1, 0.15) is 4.88 Å². The largest absolute Gasteiger partial charge is 0.425 e. The van der Waals surface area contributed by atoms with Crippen molar-refractivity contribution >= 4 is 11.3 Å². The van der Waals surface area contributed by atoms with E-state index in [4.69, 9.17) is 0 Å². The first-order chi connectivity index (χ1) is 5.71. The lowest BCUT2D eigenvalue weighted by Gasteiger charge is -2.15. The molecule has 0 atom stereocenters. The van der Waals surface area contributed by atoms with Gasteiger partial charge in [-0.15, -0.1) is 11.3 Å². The number of hydrogen-bond donors (Lipinski definition) is 0. The van der Waals surface area contributed by atoms with Crippen LogP contribution in [0.2, 0.25) is 0 Å². The summed E-state index contributed by atoms with van der Waals surface area (Å²) in [6.45, 7) is 5.69. The zero-order chi connectivity index (χ0) is 10.3. The summed E-state index contributed by atoms with van der Waals surface area (Å²) in [6, 6.07) is 1.23. The highest BCUT2D eigenvalue weighted by atomic mass is 32.1. The van der Waals surface area contributed by atoms with Gasteiger partial charge in [-0.1, -0.05) is 20.8 Å². The smallest absolute Gasteiger partial charge is 0.165 e. The van der Waals surface area contributed by atoms with E-state index >= 15 is 0 Å². The van der Waals surface area contributed by atoms with E-state index in [-0.39, 0.29) is 5.41 Å². The maximum absolute atomic E-state index is 12.2. The molecule has 0 aliphatic rings. The van der Waals surface area contributed by atoms with Gasteiger partial charge in [0.15, 0.2) is 0 Å². The quantitative estimate of drug-likeness (QED) is 0.603. The van der Waals surface area contributed by atoms with Crippen LogP contribution in [-0.4, -0.2) is 0 Å². The second-order valence-electron chi connectivity index (χ2n) is 3.95. The van der Waals surface area contributed by atoms with E-state index in [1.54, 1.807) is 5.38 Å². The van der Waals surface area contributed by atoms with Crippen molar-refractivity contribution in [2.24, 2.45) is 0 Å². The Hall–Kier alpha value is -0.510. The molecule has 0 fully saturated rings. The van der Waals surface area contributed by atoms with Crippen LogP contribution in [0.1, 0.15) is 31.2 Å². The Labute approximate surface area is 79.4 Å². The molecule has 0 unspecified atom stereocenters. The highest BCUT2D eigenvalue weighted by Gasteiger charge is 2.33. The molecule has 1 aromatic heterocycles. The molecule has 1 aromatic rings. The molecule has 0 nitrogen and oxygen atoms in total. The molecule has 1 heterocycles. The molecule has 4 heteroatoms. The van der Waals surface area contributed by atoms with Crippen LogP contribution >= 0.6 is 11.3 Å². The first-order valence-electron chi connectivity index (χ1n) is 3.87. The molecule has 0 amide bonds. The molecule has 0 saturated carbocycles. The fourth-order valence-electron chi connectivity index (χ4n) is 0.878. The Morgan fingerprint density at radius 1 is 1.15 bits per heavy atom. The fraction of sp³-hybridized carbons (Fsp3) is 0.556. The van der Waals surface area contributed by atoms with Crippen molar-refractivity contribution in [3.63, 3.8) is 0 Å². The molecule has 74 valence electrons. The SMILES string of the molecule is CC(C)(C)c1csc(C(F)(F)F)c1. The summed E-state index contributed by atoms with van der Waals surface area (Å²) < 4.78 is 36.6. The van der Waals surface area contributed by atoms with Crippen LogP contribution in [0.3, 0.4) is 0 Å². The Morgan fingerprint density at radius 2 is 1.69 bits per heavy atom. The predicted octanol–water partition coefficient (Wildman–Crippen LogP) is 4.06. The summed E-state index contributed by atoms with van der Waals surface area (Å²) in [5.41, 5.74) is 0.532. The Balaban J connectivity index is 3.01. The number of halogens is 3. The third-order valence-corrected chi connectivity index (χ3v) is 2.72. The second-order valence-corrected chi connectivity index (χ2v) is 4.86. The van der Waals surface area contributed by atoms with E-state index in [1.807, 2.05) is 20.8 Å². The molecule has 13 heavy (non-hydrogen) atoms. The molecule has 1 rings (SSSR count). The Morgan fingerprint density at radius 3 is 1.92 bits per heavy atom. The fourth-order valence-corrected chi connectivity index (χ4v) is 1.88. The highest BCUT2D eigenvalue weighted by molar-refractivity contribution is 7.10. The number of rotatable bonds is 0. The van der Waals surface area contributed by atoms with E-state index < -0.39 is 11.1 Å². The van der Waals surface area contributed by atoms with Crippen molar-refractivity contribution < 1.29 is 13.2 Å². The van der Waals surface area contributed by atoms with E-state index in [2.05, 4.69) is 0 Å². The van der Waals surface area contributed by atoms with Crippen LogP contribution in [0.4, 0.5) is 13.2 Å². The van der Waals surface area contributed by atoms with Crippen LogP contribution in [0.15, 0.2) is 11.4 Å². The van der Waals surface area contributed by atoms with Crippen molar-refractivity contribution in [1.82, 2.24) is 0 Å². The lowest BCUT2D eigenvalue weighted by molar-refractivity contribution is -0.134. The molecule has 0 aromatic carbocycles. The molecule has 0 aliphatic carbocycles. The maximum Gasteiger partial charge on any atom is 0.425 e. The molecule has 0 N–H and O–H groups in total. The topological polar surface area (TPSA) is 0 Å². The minimum absolute atomic E-state index is 0.208. The number of hydrogen-bond acceptors (Lipinski definition) is 1. The standard InChI is InChI=1S/C9H11F3S/c1-8(2,3)6-4-7(13-5-6)9(10,11)12/h4-5H,1-3H3. The van der Waals surface area contributed by atoms with Crippen molar-refractivity contribution in [3.05, 3.63) is 21.9 Å². The van der Waals surface area contributed by atoms with Gasteiger partial charge in [0.25, 0.3) is 0 Å². The summed E-state index contributed by atoms with van der Waals surface area (Å²) in [4.78, 5) is -0.516. The predicted molar refractivity (Wildman–Crippen MR) is 48.0 cm³/mol. The molecule has 0 aliphatic heterocycles. The van der Waals surface area contributed by atoms with E-state index in [1.165, 1.54) is 6.07 Å². The Kier molecular flexibility index (Phi) is 2.45. The van der Waals surface area contributed by atoms with Gasteiger partial charge >= 0.3 is 6.18 Å². The monoisotopic (exact) mass is 208 g/mol. The summed E-state index contributed by atoms with van der Waals surface area (Å²) >= 11 is 0.758. The van der Waals surface area contributed by atoms with Gasteiger partial charge in [0.05, 0.1) is 0 Å². The van der Waals surface area contributed by atoms with Crippen molar-refractivity contribution in [2.75, 3.05) is 0 Å². The van der Waals surface area contributed by atoms with Crippen LogP contribution in [-0.2, 0) is 11.6 Å². The van der Waals surface area contributed by atoms with Gasteiger partial charge < -0.3 is 0 Å². The highest BCUT2D eigenvalue weighted by Crippen LogP contribution is 2.37. The van der Waals surface area contributed by atoms with Gasteiger partial charge in [-0.2, -0.15) is 13.2 Å². The van der Waals surface area contributed by atoms with E-state index in [0.29, 0.717) is 0 Å². The van der Waals surface area contributed by atoms with Gasteiger partial charge in [-0.05, 0) is 22.4 Å². The van der Waals surface area contributed by atoms with E-state index in [9.17, 15) is 13.2 Å². The number of alkyl halides is 3. The third kappa shape index (κ3) is 2.46. The minimum Gasteiger partial charge on any atom is -0.165 e. The van der Waals surface area contributed by atoms with Crippen molar-refractivity contribution in [3.8, 4) is 0 Å². The first-order valence-corrected chi connectivity index (χ1v) is 4.75. The second kappa shape index (κ2) is 3.01. The zero-order valence-corrected chi connectivity index (χ0v) is 8.51. The van der Waals surface area contributed by atoms with Crippen LogP contribution in [0, 0.1) is 0 Å². The normalized spacial score (nSPS) is 13.4. The molecule has 0 spiro atoms. The average Bonchev–Trinajstić information content (AvgIpc) is 2.28. The first kappa shape index (κ1) is 10.6. The molecule has 0 bridgehead atoms. The zero-order valence-electron chi connectivity index (χ0n) is 7.70.